The molecule has 3 N–H and O–H groups in total. The predicted molar refractivity (Wildman–Crippen MR) is 90.7 cm³/mol. The van der Waals surface area contributed by atoms with Crippen molar-refractivity contribution in [2.45, 2.75) is 32.9 Å². The molecule has 116 valence electrons. The molecule has 0 aliphatic carbocycles. The van der Waals surface area contributed by atoms with Crippen LogP contribution >= 0.6 is 11.8 Å². The molecule has 21 heavy (non-hydrogen) atoms. The Morgan fingerprint density at radius 3 is 2.76 bits per heavy atom. The highest BCUT2D eigenvalue weighted by Gasteiger charge is 2.12. The van der Waals surface area contributed by atoms with Gasteiger partial charge in [0.25, 0.3) is 0 Å². The Kier molecular flexibility index (Phi) is 6.08. The maximum absolute atomic E-state index is 11.8. The molecule has 0 radical (unpaired) electrons. The Balaban J connectivity index is 1.95. The molecule has 1 aliphatic rings. The molecular weight excluding hydrogens is 282 g/mol. The third-order valence-electron chi connectivity index (χ3n) is 3.58. The van der Waals surface area contributed by atoms with Crippen LogP contribution in [0.1, 0.15) is 24.5 Å². The first-order valence-electron chi connectivity index (χ1n) is 7.49. The fourth-order valence-electron chi connectivity index (χ4n) is 2.48. The number of anilines is 1. The average Bonchev–Trinajstić information content (AvgIpc) is 2.42. The molecule has 1 heterocycles. The van der Waals surface area contributed by atoms with E-state index >= 15 is 0 Å². The standard InChI is InChI=1S/C16H25N3OS/c1-12-9-14(11-19-5-7-21-8-6-19)3-4-15(12)18-16(20)10-13(2)17/h3-4,9,13H,5-8,10-11,17H2,1-2H3,(H,18,20). The molecule has 1 aromatic rings. The molecule has 1 aromatic carbocycles. The van der Waals surface area contributed by atoms with Crippen molar-refractivity contribution in [3.63, 3.8) is 0 Å². The Bertz CT molecular complexity index is 484. The summed E-state index contributed by atoms with van der Waals surface area (Å²) in [5.41, 5.74) is 8.95. The van der Waals surface area contributed by atoms with Crippen LogP contribution in [-0.2, 0) is 11.3 Å². The number of aryl methyl sites for hydroxylation is 1. The number of carbonyl (C=O) groups is 1. The first kappa shape index (κ1) is 16.3. The van der Waals surface area contributed by atoms with Crippen LogP contribution in [0, 0.1) is 6.92 Å². The van der Waals surface area contributed by atoms with E-state index in [2.05, 4.69) is 22.3 Å². The summed E-state index contributed by atoms with van der Waals surface area (Å²) in [4.78, 5) is 14.3. The van der Waals surface area contributed by atoms with Gasteiger partial charge in [-0.15, -0.1) is 0 Å². The molecule has 0 saturated carbocycles. The minimum absolute atomic E-state index is 0.0195. The minimum Gasteiger partial charge on any atom is -0.327 e. The van der Waals surface area contributed by atoms with E-state index in [1.807, 2.05) is 31.7 Å². The second kappa shape index (κ2) is 7.82. The fraction of sp³-hybridized carbons (Fsp3) is 0.562. The summed E-state index contributed by atoms with van der Waals surface area (Å²) in [5.74, 6) is 2.43. The molecule has 1 amide bonds. The highest BCUT2D eigenvalue weighted by molar-refractivity contribution is 7.99. The monoisotopic (exact) mass is 307 g/mol. The topological polar surface area (TPSA) is 58.4 Å². The van der Waals surface area contributed by atoms with Gasteiger partial charge in [0.15, 0.2) is 0 Å². The number of hydrogen-bond donors (Lipinski definition) is 2. The Morgan fingerprint density at radius 1 is 1.43 bits per heavy atom. The van der Waals surface area contributed by atoms with Crippen LogP contribution in [0.5, 0.6) is 0 Å². The molecule has 4 nitrogen and oxygen atoms in total. The van der Waals surface area contributed by atoms with Gasteiger partial charge in [-0.3, -0.25) is 9.69 Å². The third kappa shape index (κ3) is 5.34. The SMILES string of the molecule is Cc1cc(CN2CCSCC2)ccc1NC(=O)CC(C)N. The van der Waals surface area contributed by atoms with E-state index in [1.54, 1.807) is 0 Å². The number of nitrogens with zero attached hydrogens (tertiary/aromatic N) is 1. The first-order valence-corrected chi connectivity index (χ1v) is 8.65. The van der Waals surface area contributed by atoms with Crippen molar-refractivity contribution in [2.24, 2.45) is 5.73 Å². The molecule has 2 rings (SSSR count). The molecule has 0 aromatic heterocycles. The first-order chi connectivity index (χ1) is 10.0. The van der Waals surface area contributed by atoms with Gasteiger partial charge in [-0.25, -0.2) is 0 Å². The van der Waals surface area contributed by atoms with Crippen molar-refractivity contribution >= 4 is 23.4 Å². The summed E-state index contributed by atoms with van der Waals surface area (Å²) in [7, 11) is 0. The number of nitrogens with one attached hydrogen (secondary N) is 1. The van der Waals surface area contributed by atoms with Gasteiger partial charge in [-0.1, -0.05) is 12.1 Å². The van der Waals surface area contributed by atoms with Crippen LogP contribution < -0.4 is 11.1 Å². The van der Waals surface area contributed by atoms with Gasteiger partial charge in [0.2, 0.25) is 5.91 Å². The molecule has 1 fully saturated rings. The van der Waals surface area contributed by atoms with E-state index < -0.39 is 0 Å². The summed E-state index contributed by atoms with van der Waals surface area (Å²) in [5, 5.41) is 2.94. The van der Waals surface area contributed by atoms with Gasteiger partial charge < -0.3 is 11.1 Å². The van der Waals surface area contributed by atoms with Gasteiger partial charge in [-0.2, -0.15) is 11.8 Å². The normalized spacial score (nSPS) is 17.5. The van der Waals surface area contributed by atoms with Crippen molar-refractivity contribution < 1.29 is 4.79 Å². The molecule has 0 bridgehead atoms. The lowest BCUT2D eigenvalue weighted by Crippen LogP contribution is -2.32. The smallest absolute Gasteiger partial charge is 0.225 e. The van der Waals surface area contributed by atoms with Crippen molar-refractivity contribution in [3.8, 4) is 0 Å². The molecule has 0 spiro atoms. The molecule has 1 aliphatic heterocycles. The minimum atomic E-state index is -0.110. The molecule has 1 unspecified atom stereocenters. The van der Waals surface area contributed by atoms with E-state index in [0.29, 0.717) is 6.42 Å². The van der Waals surface area contributed by atoms with E-state index in [9.17, 15) is 4.79 Å². The summed E-state index contributed by atoms with van der Waals surface area (Å²) in [6.07, 6.45) is 0.354. The quantitative estimate of drug-likeness (QED) is 0.876. The lowest BCUT2D eigenvalue weighted by atomic mass is 10.1. The maximum atomic E-state index is 11.8. The Labute approximate surface area is 131 Å². The van der Waals surface area contributed by atoms with Gasteiger partial charge in [0, 0.05) is 49.3 Å². The van der Waals surface area contributed by atoms with Gasteiger partial charge in [0.1, 0.15) is 0 Å². The number of thioether (sulfide) groups is 1. The van der Waals surface area contributed by atoms with Crippen LogP contribution in [0.25, 0.3) is 0 Å². The van der Waals surface area contributed by atoms with Crippen LogP contribution in [0.4, 0.5) is 5.69 Å². The van der Waals surface area contributed by atoms with Gasteiger partial charge in [0.05, 0.1) is 0 Å². The molecule has 1 saturated heterocycles. The Hall–Kier alpha value is -1.04. The summed E-state index contributed by atoms with van der Waals surface area (Å²) < 4.78 is 0. The summed E-state index contributed by atoms with van der Waals surface area (Å²) >= 11 is 2.03. The van der Waals surface area contributed by atoms with Crippen LogP contribution in [0.2, 0.25) is 0 Å². The average molecular weight is 307 g/mol. The number of benzene rings is 1. The largest absolute Gasteiger partial charge is 0.327 e. The zero-order chi connectivity index (χ0) is 15.2. The number of hydrogen-bond acceptors (Lipinski definition) is 4. The van der Waals surface area contributed by atoms with Crippen molar-refractivity contribution in [1.29, 1.82) is 0 Å². The summed E-state index contributed by atoms with van der Waals surface area (Å²) in [6.45, 7) is 7.20. The molecule has 5 heteroatoms. The van der Waals surface area contributed by atoms with Gasteiger partial charge >= 0.3 is 0 Å². The van der Waals surface area contributed by atoms with E-state index in [4.69, 9.17) is 5.73 Å². The van der Waals surface area contributed by atoms with Gasteiger partial charge in [-0.05, 0) is 31.0 Å². The van der Waals surface area contributed by atoms with E-state index in [0.717, 1.165) is 30.9 Å². The van der Waals surface area contributed by atoms with Crippen LogP contribution in [0.15, 0.2) is 18.2 Å². The second-order valence-corrected chi connectivity index (χ2v) is 6.99. The number of nitrogens with two attached hydrogens (primary N) is 1. The maximum Gasteiger partial charge on any atom is 0.225 e. The molecule has 1 atom stereocenters. The van der Waals surface area contributed by atoms with Crippen molar-refractivity contribution in [2.75, 3.05) is 29.9 Å². The molecular formula is C16H25N3OS. The van der Waals surface area contributed by atoms with E-state index in [1.165, 1.54) is 17.1 Å². The van der Waals surface area contributed by atoms with Crippen LogP contribution in [-0.4, -0.2) is 41.4 Å². The predicted octanol–water partition coefficient (Wildman–Crippen LogP) is 2.22. The fourth-order valence-corrected chi connectivity index (χ4v) is 3.45. The highest BCUT2D eigenvalue weighted by atomic mass is 32.2. The lowest BCUT2D eigenvalue weighted by Gasteiger charge is -2.26. The number of rotatable bonds is 5. The highest BCUT2D eigenvalue weighted by Crippen LogP contribution is 2.19. The zero-order valence-electron chi connectivity index (χ0n) is 12.9. The summed E-state index contributed by atoms with van der Waals surface area (Å²) in [6, 6.07) is 6.17. The van der Waals surface area contributed by atoms with E-state index in [-0.39, 0.29) is 11.9 Å². The zero-order valence-corrected chi connectivity index (χ0v) is 13.7. The number of amides is 1. The lowest BCUT2D eigenvalue weighted by molar-refractivity contribution is -0.116. The Morgan fingerprint density at radius 2 is 2.14 bits per heavy atom. The van der Waals surface area contributed by atoms with Crippen molar-refractivity contribution in [1.82, 2.24) is 4.90 Å². The second-order valence-electron chi connectivity index (χ2n) is 5.77. The third-order valence-corrected chi connectivity index (χ3v) is 4.52. The van der Waals surface area contributed by atoms with Crippen LogP contribution in [0.3, 0.4) is 0 Å². The van der Waals surface area contributed by atoms with Crippen molar-refractivity contribution in [3.05, 3.63) is 29.3 Å². The number of carbonyl (C=O) groups excluding carboxylic acids is 1.